The van der Waals surface area contributed by atoms with Crippen LogP contribution in [0.1, 0.15) is 49.9 Å². The Labute approximate surface area is 124 Å². The average Bonchev–Trinajstić information content (AvgIpc) is 2.99. The molecule has 20 heavy (non-hydrogen) atoms. The number of amides is 2. The quantitative estimate of drug-likeness (QED) is 0.782. The van der Waals surface area contributed by atoms with E-state index in [9.17, 15) is 9.90 Å². The standard InChI is InChI=1S/C15H24N2O2S/c1-2-12(14-8-5-9-20-14)16-15(19)17-13-7-4-3-6-11(13)10-18/h5,8-9,11-13,18H,2-4,6-7,10H2,1H3,(H2,16,17,19). The van der Waals surface area contributed by atoms with Crippen LogP contribution in [0.25, 0.3) is 0 Å². The van der Waals surface area contributed by atoms with E-state index in [4.69, 9.17) is 0 Å². The molecule has 1 aromatic rings. The maximum atomic E-state index is 12.1. The number of hydrogen-bond acceptors (Lipinski definition) is 3. The van der Waals surface area contributed by atoms with Crippen LogP contribution in [0.15, 0.2) is 17.5 Å². The molecule has 3 atom stereocenters. The summed E-state index contributed by atoms with van der Waals surface area (Å²) >= 11 is 1.67. The van der Waals surface area contributed by atoms with Crippen molar-refractivity contribution in [1.82, 2.24) is 10.6 Å². The van der Waals surface area contributed by atoms with Gasteiger partial charge in [-0.3, -0.25) is 0 Å². The number of urea groups is 1. The van der Waals surface area contributed by atoms with Gasteiger partial charge in [-0.2, -0.15) is 0 Å². The second-order valence-corrected chi connectivity index (χ2v) is 6.41. The summed E-state index contributed by atoms with van der Waals surface area (Å²) in [6, 6.07) is 4.12. The molecular formula is C15H24N2O2S. The Hall–Kier alpha value is -1.07. The van der Waals surface area contributed by atoms with Crippen molar-refractivity contribution in [2.24, 2.45) is 5.92 Å². The van der Waals surface area contributed by atoms with Gasteiger partial charge in [0.25, 0.3) is 0 Å². The molecule has 0 bridgehead atoms. The molecule has 5 heteroatoms. The smallest absolute Gasteiger partial charge is 0.315 e. The highest BCUT2D eigenvalue weighted by Gasteiger charge is 2.26. The second-order valence-electron chi connectivity index (χ2n) is 5.43. The Morgan fingerprint density at radius 1 is 1.50 bits per heavy atom. The Balaban J connectivity index is 1.87. The minimum atomic E-state index is -0.115. The van der Waals surface area contributed by atoms with Gasteiger partial charge in [0.1, 0.15) is 0 Å². The van der Waals surface area contributed by atoms with Crippen molar-refractivity contribution in [2.75, 3.05) is 6.61 Å². The number of rotatable bonds is 5. The molecule has 0 aromatic carbocycles. The third-order valence-corrected chi connectivity index (χ3v) is 5.05. The zero-order valence-corrected chi connectivity index (χ0v) is 12.8. The van der Waals surface area contributed by atoms with E-state index in [1.807, 2.05) is 11.4 Å². The van der Waals surface area contributed by atoms with Gasteiger partial charge in [0.05, 0.1) is 6.04 Å². The van der Waals surface area contributed by atoms with Crippen LogP contribution in [0, 0.1) is 5.92 Å². The topological polar surface area (TPSA) is 61.4 Å². The number of carbonyl (C=O) groups is 1. The predicted octanol–water partition coefficient (Wildman–Crippen LogP) is 3.05. The van der Waals surface area contributed by atoms with Gasteiger partial charge in [-0.15, -0.1) is 11.3 Å². The van der Waals surface area contributed by atoms with Gasteiger partial charge in [-0.1, -0.05) is 25.8 Å². The largest absolute Gasteiger partial charge is 0.396 e. The van der Waals surface area contributed by atoms with Crippen LogP contribution >= 0.6 is 11.3 Å². The maximum Gasteiger partial charge on any atom is 0.315 e. The summed E-state index contributed by atoms with van der Waals surface area (Å²) in [5.74, 6) is 0.205. The number of thiophene rings is 1. The van der Waals surface area contributed by atoms with Crippen molar-refractivity contribution in [1.29, 1.82) is 0 Å². The molecule has 0 aliphatic heterocycles. The van der Waals surface area contributed by atoms with E-state index in [-0.39, 0.29) is 30.6 Å². The fraction of sp³-hybridized carbons (Fsp3) is 0.667. The molecule has 1 aromatic heterocycles. The van der Waals surface area contributed by atoms with E-state index < -0.39 is 0 Å². The van der Waals surface area contributed by atoms with E-state index in [1.165, 1.54) is 4.88 Å². The molecule has 4 nitrogen and oxygen atoms in total. The molecule has 0 radical (unpaired) electrons. The van der Waals surface area contributed by atoms with Crippen LogP contribution in [-0.4, -0.2) is 23.8 Å². The van der Waals surface area contributed by atoms with Crippen molar-refractivity contribution in [2.45, 2.75) is 51.1 Å². The molecule has 1 saturated carbocycles. The molecule has 1 aliphatic carbocycles. The average molecular weight is 296 g/mol. The summed E-state index contributed by atoms with van der Waals surface area (Å²) in [7, 11) is 0. The van der Waals surface area contributed by atoms with Crippen molar-refractivity contribution in [3.8, 4) is 0 Å². The Morgan fingerprint density at radius 3 is 2.95 bits per heavy atom. The maximum absolute atomic E-state index is 12.1. The summed E-state index contributed by atoms with van der Waals surface area (Å²) in [6.07, 6.45) is 5.13. The minimum Gasteiger partial charge on any atom is -0.396 e. The molecule has 1 heterocycles. The van der Waals surface area contributed by atoms with Crippen molar-refractivity contribution >= 4 is 17.4 Å². The van der Waals surface area contributed by atoms with Gasteiger partial charge in [0.2, 0.25) is 0 Å². The van der Waals surface area contributed by atoms with Crippen LogP contribution in [0.3, 0.4) is 0 Å². The second kappa shape index (κ2) is 7.64. The monoisotopic (exact) mass is 296 g/mol. The lowest BCUT2D eigenvalue weighted by atomic mass is 9.85. The fourth-order valence-electron chi connectivity index (χ4n) is 2.85. The van der Waals surface area contributed by atoms with E-state index in [2.05, 4.69) is 23.6 Å². The van der Waals surface area contributed by atoms with E-state index in [0.717, 1.165) is 32.1 Å². The zero-order chi connectivity index (χ0) is 14.4. The highest BCUT2D eigenvalue weighted by atomic mass is 32.1. The first-order valence-corrected chi connectivity index (χ1v) is 8.33. The lowest BCUT2D eigenvalue weighted by Gasteiger charge is -2.31. The van der Waals surface area contributed by atoms with Gasteiger partial charge >= 0.3 is 6.03 Å². The summed E-state index contributed by atoms with van der Waals surface area (Å²) in [5.41, 5.74) is 0. The molecule has 3 unspecified atom stereocenters. The van der Waals surface area contributed by atoms with Gasteiger partial charge in [-0.05, 0) is 30.7 Å². The molecule has 1 aliphatic rings. The third kappa shape index (κ3) is 3.96. The number of hydrogen-bond donors (Lipinski definition) is 3. The third-order valence-electron chi connectivity index (χ3n) is 4.06. The Bertz CT molecular complexity index is 408. The number of aliphatic hydroxyl groups excluding tert-OH is 1. The molecule has 112 valence electrons. The zero-order valence-electron chi connectivity index (χ0n) is 12.0. The van der Waals surface area contributed by atoms with E-state index in [1.54, 1.807) is 11.3 Å². The van der Waals surface area contributed by atoms with Gasteiger partial charge in [0.15, 0.2) is 0 Å². The molecular weight excluding hydrogens is 272 g/mol. The van der Waals surface area contributed by atoms with Crippen LogP contribution in [0.4, 0.5) is 4.79 Å². The lowest BCUT2D eigenvalue weighted by Crippen LogP contribution is -2.48. The first-order valence-electron chi connectivity index (χ1n) is 7.45. The van der Waals surface area contributed by atoms with Crippen molar-refractivity contribution in [3.63, 3.8) is 0 Å². The highest BCUT2D eigenvalue weighted by Crippen LogP contribution is 2.25. The summed E-state index contributed by atoms with van der Waals surface area (Å²) < 4.78 is 0. The fourth-order valence-corrected chi connectivity index (χ4v) is 3.71. The summed E-state index contributed by atoms with van der Waals surface area (Å²) in [5, 5.41) is 17.5. The van der Waals surface area contributed by atoms with E-state index >= 15 is 0 Å². The highest BCUT2D eigenvalue weighted by molar-refractivity contribution is 7.10. The SMILES string of the molecule is CCC(NC(=O)NC1CCCCC1CO)c1cccs1. The summed E-state index contributed by atoms with van der Waals surface area (Å²) in [6.45, 7) is 2.23. The van der Waals surface area contributed by atoms with Gasteiger partial charge in [0, 0.05) is 23.4 Å². The van der Waals surface area contributed by atoms with Crippen LogP contribution in [-0.2, 0) is 0 Å². The lowest BCUT2D eigenvalue weighted by molar-refractivity contribution is 0.153. The van der Waals surface area contributed by atoms with Gasteiger partial charge in [-0.25, -0.2) is 4.79 Å². The first-order chi connectivity index (χ1) is 9.74. The van der Waals surface area contributed by atoms with Crippen LogP contribution < -0.4 is 10.6 Å². The predicted molar refractivity (Wildman–Crippen MR) is 81.9 cm³/mol. The van der Waals surface area contributed by atoms with Crippen LogP contribution in [0.5, 0.6) is 0 Å². The molecule has 0 spiro atoms. The molecule has 2 rings (SSSR count). The molecule has 1 fully saturated rings. The van der Waals surface area contributed by atoms with Crippen molar-refractivity contribution in [3.05, 3.63) is 22.4 Å². The van der Waals surface area contributed by atoms with E-state index in [0.29, 0.717) is 0 Å². The number of carbonyl (C=O) groups excluding carboxylic acids is 1. The first kappa shape index (κ1) is 15.3. The number of aliphatic hydroxyl groups is 1. The normalized spacial score (nSPS) is 24.1. The summed E-state index contributed by atoms with van der Waals surface area (Å²) in [4.78, 5) is 13.3. The van der Waals surface area contributed by atoms with Crippen LogP contribution in [0.2, 0.25) is 0 Å². The number of nitrogens with one attached hydrogen (secondary N) is 2. The minimum absolute atomic E-state index is 0.0752. The Kier molecular flexibility index (Phi) is 5.86. The molecule has 0 saturated heterocycles. The molecule has 3 N–H and O–H groups in total. The molecule has 2 amide bonds. The van der Waals surface area contributed by atoms with Crippen molar-refractivity contribution < 1.29 is 9.90 Å². The van der Waals surface area contributed by atoms with Gasteiger partial charge < -0.3 is 15.7 Å². The Morgan fingerprint density at radius 2 is 2.30 bits per heavy atom.